The molecule has 0 aliphatic carbocycles. The van der Waals surface area contributed by atoms with Gasteiger partial charge < -0.3 is 11.1 Å². The Labute approximate surface area is 135 Å². The lowest BCUT2D eigenvalue weighted by atomic mass is 9.73. The summed E-state index contributed by atoms with van der Waals surface area (Å²) in [4.78, 5) is 12.6. The van der Waals surface area contributed by atoms with Crippen molar-refractivity contribution < 1.29 is 17.8 Å². The first-order valence-electron chi connectivity index (χ1n) is 7.55. The number of carbonyl (C=O) groups excluding carboxylic acids is 1. The average Bonchev–Trinajstić information content (AvgIpc) is 2.20. The molecule has 1 amide bonds. The van der Waals surface area contributed by atoms with E-state index >= 15 is 0 Å². The minimum atomic E-state index is -4.17. The molecule has 132 valence electrons. The van der Waals surface area contributed by atoms with Crippen LogP contribution in [0.5, 0.6) is 0 Å². The highest BCUT2D eigenvalue weighted by molar-refractivity contribution is 7.85. The van der Waals surface area contributed by atoms with Crippen molar-refractivity contribution in [3.63, 3.8) is 0 Å². The van der Waals surface area contributed by atoms with E-state index in [1.807, 2.05) is 0 Å². The Morgan fingerprint density at radius 3 is 1.95 bits per heavy atom. The van der Waals surface area contributed by atoms with Crippen LogP contribution >= 0.6 is 0 Å². The minimum Gasteiger partial charge on any atom is -0.350 e. The van der Waals surface area contributed by atoms with Gasteiger partial charge in [-0.15, -0.1) is 0 Å². The van der Waals surface area contributed by atoms with Crippen molar-refractivity contribution >= 4 is 16.0 Å². The molecule has 22 heavy (non-hydrogen) atoms. The van der Waals surface area contributed by atoms with Crippen LogP contribution in [-0.4, -0.2) is 35.7 Å². The summed E-state index contributed by atoms with van der Waals surface area (Å²) < 4.78 is 31.1. The maximum atomic E-state index is 12.6. The number of nitrogens with two attached hydrogens (primary N) is 1. The molecule has 0 saturated heterocycles. The predicted molar refractivity (Wildman–Crippen MR) is 89.1 cm³/mol. The highest BCUT2D eigenvalue weighted by Gasteiger charge is 2.38. The molecule has 0 fully saturated rings. The SMILES string of the molecule is CCC(C)(C)CC(C(=O)NC(C)(C)CS(=O)(=O)O)C(C)(C)N. The molecule has 0 aromatic heterocycles. The highest BCUT2D eigenvalue weighted by Crippen LogP contribution is 2.33. The lowest BCUT2D eigenvalue weighted by Gasteiger charge is -2.37. The second-order valence-electron chi connectivity index (χ2n) is 8.20. The molecular formula is C15H32N2O4S. The van der Waals surface area contributed by atoms with Gasteiger partial charge in [0.1, 0.15) is 0 Å². The maximum Gasteiger partial charge on any atom is 0.267 e. The molecule has 0 spiro atoms. The first-order chi connectivity index (χ1) is 9.49. The van der Waals surface area contributed by atoms with E-state index in [0.29, 0.717) is 6.42 Å². The third-order valence-electron chi connectivity index (χ3n) is 3.93. The van der Waals surface area contributed by atoms with Crippen molar-refractivity contribution in [3.05, 3.63) is 0 Å². The molecule has 1 atom stereocenters. The van der Waals surface area contributed by atoms with E-state index in [0.717, 1.165) is 6.42 Å². The first kappa shape index (κ1) is 21.3. The third kappa shape index (κ3) is 8.10. The number of amides is 1. The normalized spacial score (nSPS) is 15.5. The molecule has 0 heterocycles. The lowest BCUT2D eigenvalue weighted by Crippen LogP contribution is -2.56. The summed E-state index contributed by atoms with van der Waals surface area (Å²) in [5, 5.41) is 2.71. The van der Waals surface area contributed by atoms with Gasteiger partial charge in [-0.25, -0.2) is 0 Å². The van der Waals surface area contributed by atoms with Gasteiger partial charge in [-0.05, 0) is 39.5 Å². The number of rotatable bonds is 8. The quantitative estimate of drug-likeness (QED) is 0.587. The molecule has 1 unspecified atom stereocenters. The van der Waals surface area contributed by atoms with Crippen LogP contribution in [0.4, 0.5) is 0 Å². The molecule has 4 N–H and O–H groups in total. The van der Waals surface area contributed by atoms with Crippen LogP contribution in [-0.2, 0) is 14.9 Å². The zero-order chi connectivity index (χ0) is 18.0. The maximum absolute atomic E-state index is 12.6. The molecule has 0 rings (SSSR count). The van der Waals surface area contributed by atoms with Gasteiger partial charge in [0.05, 0.1) is 17.2 Å². The Hall–Kier alpha value is -0.660. The van der Waals surface area contributed by atoms with Gasteiger partial charge in [0.2, 0.25) is 5.91 Å². The third-order valence-corrected chi connectivity index (χ3v) is 5.02. The number of nitrogens with one attached hydrogen (secondary N) is 1. The van der Waals surface area contributed by atoms with Crippen molar-refractivity contribution in [1.82, 2.24) is 5.32 Å². The molecule has 6 nitrogen and oxygen atoms in total. The topological polar surface area (TPSA) is 109 Å². The van der Waals surface area contributed by atoms with Crippen LogP contribution in [0.1, 0.15) is 61.3 Å². The fourth-order valence-electron chi connectivity index (χ4n) is 2.30. The molecule has 0 aliphatic heterocycles. The summed E-state index contributed by atoms with van der Waals surface area (Å²) in [6.45, 7) is 12.9. The zero-order valence-corrected chi connectivity index (χ0v) is 15.7. The fourth-order valence-corrected chi connectivity index (χ4v) is 3.29. The standard InChI is InChI=1S/C15H32N2O4S/c1-8-13(2,3)9-11(15(6,7)16)12(18)17-14(4,5)10-22(19,20)21/h11H,8-10,16H2,1-7H3,(H,17,18)(H,19,20,21). The summed E-state index contributed by atoms with van der Waals surface area (Å²) in [5.74, 6) is -1.29. The monoisotopic (exact) mass is 336 g/mol. The van der Waals surface area contributed by atoms with Crippen LogP contribution < -0.4 is 11.1 Å². The van der Waals surface area contributed by atoms with Crippen molar-refractivity contribution in [3.8, 4) is 0 Å². The molecule has 0 saturated carbocycles. The van der Waals surface area contributed by atoms with Gasteiger partial charge >= 0.3 is 0 Å². The van der Waals surface area contributed by atoms with E-state index in [4.69, 9.17) is 10.3 Å². The van der Waals surface area contributed by atoms with E-state index in [2.05, 4.69) is 26.1 Å². The Balaban J connectivity index is 5.23. The zero-order valence-electron chi connectivity index (χ0n) is 14.9. The summed E-state index contributed by atoms with van der Waals surface area (Å²) in [6, 6.07) is 0. The van der Waals surface area contributed by atoms with E-state index < -0.39 is 32.9 Å². The second-order valence-corrected chi connectivity index (χ2v) is 9.65. The lowest BCUT2D eigenvalue weighted by molar-refractivity contribution is -0.129. The Bertz CT molecular complexity index is 490. The number of hydrogen-bond acceptors (Lipinski definition) is 4. The van der Waals surface area contributed by atoms with Gasteiger partial charge in [-0.2, -0.15) is 8.42 Å². The molecule has 7 heteroatoms. The van der Waals surface area contributed by atoms with Crippen LogP contribution in [0.3, 0.4) is 0 Å². The Morgan fingerprint density at radius 1 is 1.18 bits per heavy atom. The van der Waals surface area contributed by atoms with E-state index in [1.54, 1.807) is 27.7 Å². The van der Waals surface area contributed by atoms with Crippen LogP contribution in [0.15, 0.2) is 0 Å². The van der Waals surface area contributed by atoms with Gasteiger partial charge in [0.15, 0.2) is 0 Å². The van der Waals surface area contributed by atoms with Crippen molar-refractivity contribution in [2.45, 2.75) is 72.4 Å². The minimum absolute atomic E-state index is 0.0498. The smallest absolute Gasteiger partial charge is 0.267 e. The molecule has 0 aliphatic rings. The first-order valence-corrected chi connectivity index (χ1v) is 9.16. The molecule has 0 radical (unpaired) electrons. The van der Waals surface area contributed by atoms with Crippen LogP contribution in [0.2, 0.25) is 0 Å². The van der Waals surface area contributed by atoms with Crippen LogP contribution in [0, 0.1) is 11.3 Å². The van der Waals surface area contributed by atoms with E-state index in [-0.39, 0.29) is 11.3 Å². The number of hydrogen-bond donors (Lipinski definition) is 3. The second kappa shape index (κ2) is 6.84. The Morgan fingerprint density at radius 2 is 1.64 bits per heavy atom. The van der Waals surface area contributed by atoms with Crippen molar-refractivity contribution in [2.75, 3.05) is 5.75 Å². The van der Waals surface area contributed by atoms with Gasteiger partial charge in [0, 0.05) is 5.54 Å². The van der Waals surface area contributed by atoms with Crippen molar-refractivity contribution in [1.29, 1.82) is 0 Å². The summed E-state index contributed by atoms with van der Waals surface area (Å²) in [7, 11) is -4.17. The molecule has 0 aromatic rings. The Kier molecular flexibility index (Phi) is 6.64. The largest absolute Gasteiger partial charge is 0.350 e. The summed E-state index contributed by atoms with van der Waals surface area (Å²) in [5.41, 5.74) is 4.31. The van der Waals surface area contributed by atoms with Gasteiger partial charge in [-0.1, -0.05) is 27.2 Å². The van der Waals surface area contributed by atoms with E-state index in [1.165, 1.54) is 0 Å². The number of carbonyl (C=O) groups is 1. The molecule has 0 aromatic carbocycles. The fraction of sp³-hybridized carbons (Fsp3) is 0.933. The average molecular weight is 336 g/mol. The van der Waals surface area contributed by atoms with Crippen molar-refractivity contribution in [2.24, 2.45) is 17.1 Å². The summed E-state index contributed by atoms with van der Waals surface area (Å²) >= 11 is 0. The van der Waals surface area contributed by atoms with Gasteiger partial charge in [-0.3, -0.25) is 9.35 Å². The van der Waals surface area contributed by atoms with Gasteiger partial charge in [0.25, 0.3) is 10.1 Å². The molecule has 0 bridgehead atoms. The van der Waals surface area contributed by atoms with Crippen LogP contribution in [0.25, 0.3) is 0 Å². The van der Waals surface area contributed by atoms with E-state index in [9.17, 15) is 13.2 Å². The predicted octanol–water partition coefficient (Wildman–Crippen LogP) is 1.95. The summed E-state index contributed by atoms with van der Waals surface area (Å²) in [6.07, 6.45) is 1.50. The molecular weight excluding hydrogens is 304 g/mol. The highest BCUT2D eigenvalue weighted by atomic mass is 32.2.